The van der Waals surface area contributed by atoms with E-state index >= 15 is 0 Å². The molecule has 0 unspecified atom stereocenters. The van der Waals surface area contributed by atoms with Crippen LogP contribution in [-0.4, -0.2) is 19.6 Å². The predicted octanol–water partition coefficient (Wildman–Crippen LogP) is 1.25. The molecule has 0 aromatic carbocycles. The highest BCUT2D eigenvalue weighted by atomic mass is 15.3. The maximum atomic E-state index is 5.59. The van der Waals surface area contributed by atoms with Gasteiger partial charge >= 0.3 is 0 Å². The number of pyridine rings is 2. The van der Waals surface area contributed by atoms with Crippen molar-refractivity contribution in [2.75, 3.05) is 0 Å². The van der Waals surface area contributed by atoms with Crippen LogP contribution in [0, 0.1) is 0 Å². The molecule has 3 aromatic rings. The van der Waals surface area contributed by atoms with Crippen LogP contribution in [0.1, 0.15) is 5.56 Å². The summed E-state index contributed by atoms with van der Waals surface area (Å²) in [5, 5.41) is 4.36. The number of rotatable bonds is 2. The summed E-state index contributed by atoms with van der Waals surface area (Å²) in [4.78, 5) is 8.65. The van der Waals surface area contributed by atoms with Crippen molar-refractivity contribution in [2.45, 2.75) is 6.54 Å². The average molecular weight is 225 g/mol. The van der Waals surface area contributed by atoms with Crippen molar-refractivity contribution in [1.29, 1.82) is 0 Å². The Morgan fingerprint density at radius 1 is 1.24 bits per heavy atom. The largest absolute Gasteiger partial charge is 0.326 e. The first kappa shape index (κ1) is 9.92. The van der Waals surface area contributed by atoms with Gasteiger partial charge in [0.25, 0.3) is 0 Å². The first-order chi connectivity index (χ1) is 8.36. The monoisotopic (exact) mass is 225 g/mol. The van der Waals surface area contributed by atoms with Gasteiger partial charge in [-0.1, -0.05) is 6.07 Å². The SMILES string of the molecule is NCc1ccn2nc(-c3ccccn3)nc2c1. The van der Waals surface area contributed by atoms with Crippen molar-refractivity contribution in [3.8, 4) is 11.5 Å². The standard InChI is InChI=1S/C12H11N5/c13-8-9-4-6-17-11(7-9)15-12(16-17)10-3-1-2-5-14-10/h1-7H,8,13H2. The number of fused-ring (bicyclic) bond motifs is 1. The molecule has 0 fully saturated rings. The molecule has 0 aliphatic heterocycles. The van der Waals surface area contributed by atoms with Gasteiger partial charge in [-0.15, -0.1) is 5.10 Å². The van der Waals surface area contributed by atoms with E-state index < -0.39 is 0 Å². The molecule has 3 aromatic heterocycles. The highest BCUT2D eigenvalue weighted by Gasteiger charge is 2.06. The minimum Gasteiger partial charge on any atom is -0.326 e. The quantitative estimate of drug-likeness (QED) is 0.712. The maximum absolute atomic E-state index is 5.59. The number of hydrogen-bond donors (Lipinski definition) is 1. The fourth-order valence-corrected chi connectivity index (χ4v) is 1.65. The smallest absolute Gasteiger partial charge is 0.200 e. The van der Waals surface area contributed by atoms with E-state index in [1.54, 1.807) is 10.7 Å². The molecule has 0 spiro atoms. The molecule has 5 nitrogen and oxygen atoms in total. The Bertz CT molecular complexity index is 644. The Labute approximate surface area is 97.9 Å². The van der Waals surface area contributed by atoms with Gasteiger partial charge in [0.15, 0.2) is 5.65 Å². The third-order valence-corrected chi connectivity index (χ3v) is 2.53. The highest BCUT2D eigenvalue weighted by molar-refractivity contribution is 5.53. The molecule has 0 atom stereocenters. The minimum absolute atomic E-state index is 0.502. The van der Waals surface area contributed by atoms with Crippen LogP contribution >= 0.6 is 0 Å². The number of hydrogen-bond acceptors (Lipinski definition) is 4. The third kappa shape index (κ3) is 1.76. The van der Waals surface area contributed by atoms with Crippen LogP contribution in [0.2, 0.25) is 0 Å². The molecule has 0 aliphatic carbocycles. The Morgan fingerprint density at radius 2 is 2.18 bits per heavy atom. The first-order valence-electron chi connectivity index (χ1n) is 5.33. The summed E-state index contributed by atoms with van der Waals surface area (Å²) >= 11 is 0. The van der Waals surface area contributed by atoms with Gasteiger partial charge in [0.05, 0.1) is 0 Å². The lowest BCUT2D eigenvalue weighted by molar-refractivity contribution is 0.948. The van der Waals surface area contributed by atoms with Crippen LogP contribution < -0.4 is 5.73 Å². The van der Waals surface area contributed by atoms with E-state index in [0.29, 0.717) is 12.4 Å². The van der Waals surface area contributed by atoms with E-state index in [-0.39, 0.29) is 0 Å². The normalized spacial score (nSPS) is 10.9. The molecule has 0 saturated carbocycles. The van der Waals surface area contributed by atoms with Gasteiger partial charge in [-0.3, -0.25) is 4.98 Å². The Balaban J connectivity index is 2.14. The first-order valence-corrected chi connectivity index (χ1v) is 5.33. The highest BCUT2D eigenvalue weighted by Crippen LogP contribution is 2.13. The van der Waals surface area contributed by atoms with Crippen molar-refractivity contribution < 1.29 is 0 Å². The van der Waals surface area contributed by atoms with Crippen molar-refractivity contribution in [3.63, 3.8) is 0 Å². The van der Waals surface area contributed by atoms with Crippen LogP contribution in [0.5, 0.6) is 0 Å². The minimum atomic E-state index is 0.502. The number of nitrogens with zero attached hydrogens (tertiary/aromatic N) is 4. The second kappa shape index (κ2) is 3.95. The maximum Gasteiger partial charge on any atom is 0.200 e. The summed E-state index contributed by atoms with van der Waals surface area (Å²) in [6.45, 7) is 0.502. The summed E-state index contributed by atoms with van der Waals surface area (Å²) in [6.07, 6.45) is 3.59. The van der Waals surface area contributed by atoms with Crippen LogP contribution in [0.25, 0.3) is 17.2 Å². The van der Waals surface area contributed by atoms with Crippen LogP contribution in [0.3, 0.4) is 0 Å². The van der Waals surface area contributed by atoms with E-state index in [1.807, 2.05) is 36.5 Å². The molecule has 0 amide bonds. The topological polar surface area (TPSA) is 69.1 Å². The van der Waals surface area contributed by atoms with Gasteiger partial charge in [-0.2, -0.15) is 0 Å². The van der Waals surface area contributed by atoms with Crippen molar-refractivity contribution in [3.05, 3.63) is 48.3 Å². The van der Waals surface area contributed by atoms with Gasteiger partial charge in [-0.05, 0) is 29.8 Å². The van der Waals surface area contributed by atoms with Crippen molar-refractivity contribution in [1.82, 2.24) is 19.6 Å². The van der Waals surface area contributed by atoms with Gasteiger partial charge in [0.2, 0.25) is 5.82 Å². The second-order valence-corrected chi connectivity index (χ2v) is 3.69. The predicted molar refractivity (Wildman–Crippen MR) is 64.1 cm³/mol. The summed E-state index contributed by atoms with van der Waals surface area (Å²) in [6, 6.07) is 9.53. The second-order valence-electron chi connectivity index (χ2n) is 3.69. The number of nitrogens with two attached hydrogens (primary N) is 1. The molecule has 5 heteroatoms. The van der Waals surface area contributed by atoms with Crippen LogP contribution in [-0.2, 0) is 6.54 Å². The lowest BCUT2D eigenvalue weighted by Crippen LogP contribution is -1.97. The average Bonchev–Trinajstić information content (AvgIpc) is 2.82. The summed E-state index contributed by atoms with van der Waals surface area (Å²) in [5.41, 5.74) is 8.18. The van der Waals surface area contributed by atoms with E-state index in [1.165, 1.54) is 0 Å². The lowest BCUT2D eigenvalue weighted by atomic mass is 10.3. The third-order valence-electron chi connectivity index (χ3n) is 2.53. The van der Waals surface area contributed by atoms with Gasteiger partial charge < -0.3 is 5.73 Å². The van der Waals surface area contributed by atoms with E-state index in [4.69, 9.17) is 5.73 Å². The Hall–Kier alpha value is -2.27. The molecule has 17 heavy (non-hydrogen) atoms. The molecule has 0 bridgehead atoms. The molecule has 0 radical (unpaired) electrons. The van der Waals surface area contributed by atoms with Crippen LogP contribution in [0.4, 0.5) is 0 Å². The van der Waals surface area contributed by atoms with Gasteiger partial charge in [0.1, 0.15) is 5.69 Å². The van der Waals surface area contributed by atoms with E-state index in [0.717, 1.165) is 16.9 Å². The lowest BCUT2D eigenvalue weighted by Gasteiger charge is -1.94. The van der Waals surface area contributed by atoms with Gasteiger partial charge in [-0.25, -0.2) is 9.50 Å². The molecular formula is C12H11N5. The van der Waals surface area contributed by atoms with Crippen LogP contribution in [0.15, 0.2) is 42.7 Å². The zero-order chi connectivity index (χ0) is 11.7. The zero-order valence-electron chi connectivity index (χ0n) is 9.11. The molecule has 0 saturated heterocycles. The fourth-order valence-electron chi connectivity index (χ4n) is 1.65. The molecule has 84 valence electrons. The van der Waals surface area contributed by atoms with E-state index in [9.17, 15) is 0 Å². The summed E-state index contributed by atoms with van der Waals surface area (Å²) in [7, 11) is 0. The Morgan fingerprint density at radius 3 is 2.94 bits per heavy atom. The molecular weight excluding hydrogens is 214 g/mol. The molecule has 0 aliphatic rings. The van der Waals surface area contributed by atoms with E-state index in [2.05, 4.69) is 15.1 Å². The zero-order valence-corrected chi connectivity index (χ0v) is 9.11. The van der Waals surface area contributed by atoms with Crippen molar-refractivity contribution >= 4 is 5.65 Å². The Kier molecular flexibility index (Phi) is 2.31. The fraction of sp³-hybridized carbons (Fsp3) is 0.0833. The molecule has 2 N–H and O–H groups in total. The van der Waals surface area contributed by atoms with Crippen molar-refractivity contribution in [2.24, 2.45) is 5.73 Å². The molecule has 3 heterocycles. The summed E-state index contributed by atoms with van der Waals surface area (Å²) in [5.74, 6) is 0.625. The summed E-state index contributed by atoms with van der Waals surface area (Å²) < 4.78 is 1.73. The number of aromatic nitrogens is 4. The van der Waals surface area contributed by atoms with Gasteiger partial charge in [0, 0.05) is 18.9 Å². The molecule has 3 rings (SSSR count).